The van der Waals surface area contributed by atoms with Gasteiger partial charge in [0, 0.05) is 26.2 Å². The van der Waals surface area contributed by atoms with E-state index in [1.54, 1.807) is 22.4 Å². The van der Waals surface area contributed by atoms with E-state index in [2.05, 4.69) is 0 Å². The molecule has 3 heterocycles. The number of sulfonamides is 1. The standard InChI is InChI=1S/C22H27ClN4O3S3/c1-15-8-9-17(23)20-19(15)24-22(32-20)27(12-11-25(2)3)21(28)16-6-4-10-26(14-16)33(29,30)18-7-5-13-31-18/h5,7-9,13,16H,4,6,10-12,14H2,1-3H3. The summed E-state index contributed by atoms with van der Waals surface area (Å²) in [5.41, 5.74) is 1.80. The highest BCUT2D eigenvalue weighted by atomic mass is 35.5. The number of halogens is 1. The van der Waals surface area contributed by atoms with E-state index in [9.17, 15) is 13.2 Å². The van der Waals surface area contributed by atoms with Gasteiger partial charge in [0.05, 0.1) is 21.2 Å². The lowest BCUT2D eigenvalue weighted by Gasteiger charge is -2.33. The summed E-state index contributed by atoms with van der Waals surface area (Å²) in [6.45, 7) is 3.72. The Balaban J connectivity index is 1.63. The summed E-state index contributed by atoms with van der Waals surface area (Å²) in [6.07, 6.45) is 1.30. The molecule has 178 valence electrons. The molecule has 1 aliphatic rings. The maximum atomic E-state index is 13.7. The molecule has 33 heavy (non-hydrogen) atoms. The molecule has 1 fully saturated rings. The molecule has 11 heteroatoms. The van der Waals surface area contributed by atoms with Crippen LogP contribution in [-0.4, -0.2) is 68.8 Å². The van der Waals surface area contributed by atoms with Crippen LogP contribution in [-0.2, 0) is 14.8 Å². The number of carbonyl (C=O) groups is 1. The minimum atomic E-state index is -3.59. The highest BCUT2D eigenvalue weighted by Gasteiger charge is 2.36. The van der Waals surface area contributed by atoms with E-state index >= 15 is 0 Å². The maximum absolute atomic E-state index is 13.7. The second-order valence-corrected chi connectivity index (χ2v) is 13.0. The first-order chi connectivity index (χ1) is 15.7. The number of benzene rings is 1. The van der Waals surface area contributed by atoms with Gasteiger partial charge in [-0.3, -0.25) is 9.69 Å². The molecule has 1 atom stereocenters. The predicted octanol–water partition coefficient (Wildman–Crippen LogP) is 4.32. The zero-order valence-corrected chi connectivity index (χ0v) is 22.0. The number of carbonyl (C=O) groups excluding carboxylic acids is 1. The summed E-state index contributed by atoms with van der Waals surface area (Å²) in [7, 11) is 0.322. The van der Waals surface area contributed by atoms with Crippen molar-refractivity contribution in [1.29, 1.82) is 0 Å². The van der Waals surface area contributed by atoms with E-state index in [0.29, 0.717) is 46.8 Å². The molecule has 1 aromatic carbocycles. The number of piperidine rings is 1. The highest BCUT2D eigenvalue weighted by molar-refractivity contribution is 7.91. The highest BCUT2D eigenvalue weighted by Crippen LogP contribution is 2.37. The average molecular weight is 527 g/mol. The molecule has 1 unspecified atom stereocenters. The number of aromatic nitrogens is 1. The molecule has 1 saturated heterocycles. The Bertz CT molecular complexity index is 1200. The van der Waals surface area contributed by atoms with Crippen molar-refractivity contribution in [3.8, 4) is 0 Å². The number of aryl methyl sites for hydroxylation is 1. The van der Waals surface area contributed by atoms with E-state index in [1.807, 2.05) is 38.1 Å². The minimum absolute atomic E-state index is 0.0873. The van der Waals surface area contributed by atoms with Gasteiger partial charge in [0.15, 0.2) is 5.13 Å². The fourth-order valence-corrected chi connectivity index (χ4v) is 7.94. The van der Waals surface area contributed by atoms with E-state index < -0.39 is 15.9 Å². The van der Waals surface area contributed by atoms with Gasteiger partial charge >= 0.3 is 0 Å². The normalized spacial score (nSPS) is 17.7. The molecule has 0 saturated carbocycles. The SMILES string of the molecule is Cc1ccc(Cl)c2sc(N(CCN(C)C)C(=O)C3CCCN(S(=O)(=O)c4cccs4)C3)nc12. The Morgan fingerprint density at radius 2 is 2.06 bits per heavy atom. The van der Waals surface area contributed by atoms with Crippen LogP contribution in [0.15, 0.2) is 33.9 Å². The second kappa shape index (κ2) is 9.97. The minimum Gasteiger partial charge on any atom is -0.308 e. The number of nitrogens with zero attached hydrogens (tertiary/aromatic N) is 4. The molecule has 1 amide bonds. The number of rotatable bonds is 7. The number of anilines is 1. The van der Waals surface area contributed by atoms with E-state index in [-0.39, 0.29) is 12.5 Å². The summed E-state index contributed by atoms with van der Waals surface area (Å²) in [5, 5.41) is 2.97. The monoisotopic (exact) mass is 526 g/mol. The fraction of sp³-hybridized carbons (Fsp3) is 0.455. The third-order valence-corrected chi connectivity index (χ3v) is 10.6. The molecule has 0 bridgehead atoms. The Kier molecular flexibility index (Phi) is 7.42. The molecule has 0 spiro atoms. The molecule has 0 aliphatic carbocycles. The van der Waals surface area contributed by atoms with Crippen molar-refractivity contribution in [2.45, 2.75) is 24.0 Å². The number of hydrogen-bond acceptors (Lipinski definition) is 7. The van der Waals surface area contributed by atoms with Crippen molar-refractivity contribution in [2.75, 3.05) is 45.2 Å². The number of fused-ring (bicyclic) bond motifs is 1. The topological polar surface area (TPSA) is 73.8 Å². The molecular weight excluding hydrogens is 500 g/mol. The van der Waals surface area contributed by atoms with Crippen LogP contribution in [0.25, 0.3) is 10.2 Å². The molecule has 7 nitrogen and oxygen atoms in total. The van der Waals surface area contributed by atoms with Gasteiger partial charge in [0.25, 0.3) is 10.0 Å². The Hall–Kier alpha value is -1.56. The van der Waals surface area contributed by atoms with Gasteiger partial charge in [-0.15, -0.1) is 11.3 Å². The van der Waals surface area contributed by atoms with E-state index in [1.165, 1.54) is 27.0 Å². The molecule has 2 aromatic heterocycles. The van der Waals surface area contributed by atoms with Gasteiger partial charge in [-0.05, 0) is 56.9 Å². The van der Waals surface area contributed by atoms with Crippen LogP contribution in [0.1, 0.15) is 18.4 Å². The molecular formula is C22H27ClN4O3S3. The summed E-state index contributed by atoms with van der Waals surface area (Å²) in [5.74, 6) is -0.505. The lowest BCUT2D eigenvalue weighted by molar-refractivity contribution is -0.123. The van der Waals surface area contributed by atoms with Gasteiger partial charge in [-0.2, -0.15) is 4.31 Å². The lowest BCUT2D eigenvalue weighted by atomic mass is 9.98. The Morgan fingerprint density at radius 1 is 1.27 bits per heavy atom. The molecule has 3 aromatic rings. The van der Waals surface area contributed by atoms with E-state index in [4.69, 9.17) is 16.6 Å². The number of hydrogen-bond donors (Lipinski definition) is 0. The first kappa shape index (κ1) is 24.6. The second-order valence-electron chi connectivity index (χ2n) is 8.47. The third kappa shape index (κ3) is 5.11. The van der Waals surface area contributed by atoms with Gasteiger partial charge in [-0.25, -0.2) is 13.4 Å². The predicted molar refractivity (Wildman–Crippen MR) is 136 cm³/mol. The Morgan fingerprint density at radius 3 is 2.73 bits per heavy atom. The fourth-order valence-electron chi connectivity index (χ4n) is 3.93. The van der Waals surface area contributed by atoms with Crippen molar-refractivity contribution in [3.05, 3.63) is 40.2 Å². The first-order valence-corrected chi connectivity index (χ1v) is 14.3. The van der Waals surface area contributed by atoms with Crippen LogP contribution >= 0.6 is 34.3 Å². The zero-order chi connectivity index (χ0) is 23.8. The van der Waals surface area contributed by atoms with Crippen LogP contribution in [0, 0.1) is 12.8 Å². The largest absolute Gasteiger partial charge is 0.308 e. The lowest BCUT2D eigenvalue weighted by Crippen LogP contribution is -2.48. The summed E-state index contributed by atoms with van der Waals surface area (Å²) in [4.78, 5) is 22.2. The molecule has 0 N–H and O–H groups in total. The average Bonchev–Trinajstić information content (AvgIpc) is 3.48. The van der Waals surface area contributed by atoms with Crippen molar-refractivity contribution in [3.63, 3.8) is 0 Å². The van der Waals surface area contributed by atoms with Crippen LogP contribution in [0.4, 0.5) is 5.13 Å². The van der Waals surface area contributed by atoms with Crippen LogP contribution in [0.3, 0.4) is 0 Å². The zero-order valence-electron chi connectivity index (χ0n) is 18.8. The summed E-state index contributed by atoms with van der Waals surface area (Å²) in [6, 6.07) is 7.12. The molecule has 1 aliphatic heterocycles. The van der Waals surface area contributed by atoms with Gasteiger partial charge in [0.1, 0.15) is 4.21 Å². The summed E-state index contributed by atoms with van der Waals surface area (Å²) < 4.78 is 28.7. The van der Waals surface area contributed by atoms with Crippen molar-refractivity contribution < 1.29 is 13.2 Å². The molecule has 4 rings (SSSR count). The van der Waals surface area contributed by atoms with E-state index in [0.717, 1.165) is 15.8 Å². The third-order valence-electron chi connectivity index (χ3n) is 5.78. The van der Waals surface area contributed by atoms with Crippen LogP contribution in [0.5, 0.6) is 0 Å². The number of thiazole rings is 1. The van der Waals surface area contributed by atoms with Crippen molar-refractivity contribution in [2.24, 2.45) is 5.92 Å². The number of thiophene rings is 1. The van der Waals surface area contributed by atoms with Gasteiger partial charge in [0.2, 0.25) is 5.91 Å². The maximum Gasteiger partial charge on any atom is 0.252 e. The van der Waals surface area contributed by atoms with Crippen molar-refractivity contribution >= 4 is 65.6 Å². The van der Waals surface area contributed by atoms with Crippen LogP contribution < -0.4 is 4.90 Å². The molecule has 0 radical (unpaired) electrons. The number of likely N-dealkylation sites (N-methyl/N-ethyl adjacent to an activating group) is 1. The Labute approximate surface area is 207 Å². The van der Waals surface area contributed by atoms with Gasteiger partial charge < -0.3 is 4.90 Å². The quantitative estimate of drug-likeness (QED) is 0.458. The van der Waals surface area contributed by atoms with Crippen molar-refractivity contribution in [1.82, 2.24) is 14.2 Å². The van der Waals surface area contributed by atoms with Gasteiger partial charge in [-0.1, -0.05) is 35.1 Å². The smallest absolute Gasteiger partial charge is 0.252 e. The number of amides is 1. The summed E-state index contributed by atoms with van der Waals surface area (Å²) >= 11 is 9.02. The van der Waals surface area contributed by atoms with Crippen LogP contribution in [0.2, 0.25) is 5.02 Å². The first-order valence-electron chi connectivity index (χ1n) is 10.7.